The van der Waals surface area contributed by atoms with E-state index < -0.39 is 23.6 Å². The van der Waals surface area contributed by atoms with Crippen LogP contribution in [0, 0.1) is 23.7 Å². The van der Waals surface area contributed by atoms with Crippen LogP contribution in [0.3, 0.4) is 0 Å². The van der Waals surface area contributed by atoms with Crippen molar-refractivity contribution in [1.82, 2.24) is 0 Å². The second-order valence-electron chi connectivity index (χ2n) is 16.5. The predicted molar refractivity (Wildman–Crippen MR) is 268 cm³/mol. The van der Waals surface area contributed by atoms with E-state index in [1.54, 1.807) is 62.8 Å². The Morgan fingerprint density at radius 2 is 0.912 bits per heavy atom. The smallest absolute Gasteiger partial charge is 0.267 e. The number of carbonyl (C=O) groups is 4. The highest BCUT2D eigenvalue weighted by Gasteiger charge is 2.43. The summed E-state index contributed by atoms with van der Waals surface area (Å²) in [6.07, 6.45) is 17.5. The summed E-state index contributed by atoms with van der Waals surface area (Å²) in [5.41, 5.74) is 9.14. The van der Waals surface area contributed by atoms with E-state index in [2.05, 4.69) is 36.8 Å². The predicted octanol–water partition coefficient (Wildman–Crippen LogP) is 11.4. The largest absolute Gasteiger partial charge is 0.497 e. The van der Waals surface area contributed by atoms with Crippen molar-refractivity contribution in [1.29, 1.82) is 0 Å². The van der Waals surface area contributed by atoms with Gasteiger partial charge in [0, 0.05) is 33.4 Å². The summed E-state index contributed by atoms with van der Waals surface area (Å²) >= 11 is 0. The van der Waals surface area contributed by atoms with E-state index in [4.69, 9.17) is 9.47 Å². The monoisotopic (exact) mass is 886 g/mol. The second kappa shape index (κ2) is 17.8. The number of amides is 4. The molecule has 8 heteroatoms. The maximum Gasteiger partial charge on any atom is 0.267 e. The van der Waals surface area contributed by atoms with Gasteiger partial charge in [-0.05, 0) is 119 Å². The molecule has 2 aliphatic carbocycles. The van der Waals surface area contributed by atoms with Crippen molar-refractivity contribution in [2.24, 2.45) is 0 Å². The zero-order valence-corrected chi connectivity index (χ0v) is 37.4. The topological polar surface area (TPSA) is 93.2 Å². The van der Waals surface area contributed by atoms with Crippen LogP contribution >= 0.6 is 0 Å². The van der Waals surface area contributed by atoms with Crippen molar-refractivity contribution >= 4 is 56.9 Å². The number of methoxy groups -OCH3 is 2. The van der Waals surface area contributed by atoms with E-state index in [0.29, 0.717) is 93.1 Å². The van der Waals surface area contributed by atoms with Crippen LogP contribution in [0.2, 0.25) is 0 Å². The summed E-state index contributed by atoms with van der Waals surface area (Å²) in [6.45, 7) is 7.81. The van der Waals surface area contributed by atoms with E-state index in [9.17, 15) is 19.2 Å². The Hall–Kier alpha value is -8.98. The highest BCUT2D eigenvalue weighted by atomic mass is 16.5. The maximum atomic E-state index is 14.6. The Morgan fingerprint density at radius 3 is 1.29 bits per heavy atom. The van der Waals surface area contributed by atoms with Crippen LogP contribution in [0.1, 0.15) is 98.8 Å². The number of carbonyl (C=O) groups excluding carboxylic acids is 4. The van der Waals surface area contributed by atoms with Crippen molar-refractivity contribution in [3.63, 3.8) is 0 Å². The number of imide groups is 2. The molecule has 0 unspecified atom stereocenters. The molecule has 0 spiro atoms. The Kier molecular flexibility index (Phi) is 11.2. The van der Waals surface area contributed by atoms with Gasteiger partial charge >= 0.3 is 0 Å². The van der Waals surface area contributed by atoms with Crippen LogP contribution in [0.4, 0.5) is 11.4 Å². The van der Waals surface area contributed by atoms with Crippen molar-refractivity contribution in [3.05, 3.63) is 226 Å². The van der Waals surface area contributed by atoms with Gasteiger partial charge in [0.05, 0.1) is 47.8 Å². The number of rotatable bonds is 10. The van der Waals surface area contributed by atoms with Gasteiger partial charge in [0.15, 0.2) is 0 Å². The number of benzene rings is 6. The third kappa shape index (κ3) is 7.26. The van der Waals surface area contributed by atoms with E-state index in [1.807, 2.05) is 97.1 Å². The average Bonchev–Trinajstić information content (AvgIpc) is 4.20. The first-order valence-corrected chi connectivity index (χ1v) is 22.2. The Bertz CT molecular complexity index is 3290. The lowest BCUT2D eigenvalue weighted by Gasteiger charge is -2.20. The summed E-state index contributed by atoms with van der Waals surface area (Å²) in [5.74, 6) is 12.7. The maximum absolute atomic E-state index is 14.6. The molecule has 0 aromatic heterocycles. The summed E-state index contributed by atoms with van der Waals surface area (Å²) < 4.78 is 11.1. The second-order valence-corrected chi connectivity index (χ2v) is 16.5. The summed E-state index contributed by atoms with van der Waals surface area (Å²) in [7, 11) is 3.17. The van der Waals surface area contributed by atoms with Gasteiger partial charge in [-0.25, -0.2) is 9.80 Å². The van der Waals surface area contributed by atoms with Crippen LogP contribution in [-0.4, -0.2) is 37.8 Å². The molecule has 0 bridgehead atoms. The standard InChI is InChI=1S/C60H42N2O6/c1-5-13-41-27-29-43(55-53(41)57(63)61(59(55)65)51-33-31-45(67-3)35-49(51)37-15-7-8-16-37)25-23-39-21-22-40(48-20-12-11-19-47(39)48)24-26-44-30-28-42(14-6-2)54-56(44)60(66)62(58(54)64)52-34-32-46(68-4)36-50(52)38-17-9-10-18-38/h5-12,15,17,19-22,27-36H,1-2,13-14,16,18H2,3-4H3. The Balaban J connectivity index is 1.02. The van der Waals surface area contributed by atoms with Crippen molar-refractivity contribution < 1.29 is 28.7 Å². The SMILES string of the molecule is C=CCc1ccc(C#Cc2ccc(C#Cc3ccc(CC=C)c4c3C(=O)N(c3ccc(OC)cc3C3=CC=CC3)C4=O)c3ccccc23)c2c1C(=O)N(c1ccc(OC)cc1C1=CC=CC1)C2=O. The molecule has 2 aliphatic heterocycles. The van der Waals surface area contributed by atoms with Crippen LogP contribution in [-0.2, 0) is 12.8 Å². The summed E-state index contributed by atoms with van der Waals surface area (Å²) in [6, 6.07) is 29.5. The summed E-state index contributed by atoms with van der Waals surface area (Å²) in [4.78, 5) is 60.5. The van der Waals surface area contributed by atoms with E-state index in [1.165, 1.54) is 9.80 Å². The minimum atomic E-state index is -0.450. The first kappa shape index (κ1) is 42.9. The van der Waals surface area contributed by atoms with Gasteiger partial charge in [-0.2, -0.15) is 0 Å². The minimum absolute atomic E-state index is 0.253. The molecule has 328 valence electrons. The molecule has 6 aromatic rings. The zero-order valence-electron chi connectivity index (χ0n) is 37.4. The van der Waals surface area contributed by atoms with Crippen LogP contribution in [0.15, 0.2) is 159 Å². The number of allylic oxidation sites excluding steroid dienone is 10. The molecular formula is C60H42N2O6. The van der Waals surface area contributed by atoms with E-state index in [-0.39, 0.29) is 11.1 Å². The molecule has 8 nitrogen and oxygen atoms in total. The minimum Gasteiger partial charge on any atom is -0.497 e. The highest BCUT2D eigenvalue weighted by molar-refractivity contribution is 6.37. The van der Waals surface area contributed by atoms with Gasteiger partial charge in [-0.1, -0.05) is 109 Å². The zero-order chi connectivity index (χ0) is 47.1. The van der Waals surface area contributed by atoms with E-state index in [0.717, 1.165) is 33.0 Å². The fourth-order valence-corrected chi connectivity index (χ4v) is 9.42. The molecule has 2 heterocycles. The Labute approximate surface area is 394 Å². The van der Waals surface area contributed by atoms with Gasteiger partial charge in [-0.3, -0.25) is 19.2 Å². The normalized spacial score (nSPS) is 14.3. The highest BCUT2D eigenvalue weighted by Crippen LogP contribution is 2.42. The van der Waals surface area contributed by atoms with Gasteiger partial charge in [0.2, 0.25) is 0 Å². The quantitative estimate of drug-likeness (QED) is 0.0773. The lowest BCUT2D eigenvalue weighted by atomic mass is 9.94. The fourth-order valence-electron chi connectivity index (χ4n) is 9.42. The molecule has 6 aromatic carbocycles. The van der Waals surface area contributed by atoms with Gasteiger partial charge in [0.25, 0.3) is 23.6 Å². The van der Waals surface area contributed by atoms with Crippen LogP contribution in [0.25, 0.3) is 21.9 Å². The third-order valence-corrected chi connectivity index (χ3v) is 12.7. The third-order valence-electron chi connectivity index (χ3n) is 12.7. The number of hydrogen-bond donors (Lipinski definition) is 0. The number of ether oxygens (including phenoxy) is 2. The van der Waals surface area contributed by atoms with Crippen LogP contribution < -0.4 is 19.3 Å². The average molecular weight is 887 g/mol. The van der Waals surface area contributed by atoms with Crippen molar-refractivity contribution in [2.75, 3.05) is 24.0 Å². The molecule has 0 N–H and O–H groups in total. The molecular weight excluding hydrogens is 845 g/mol. The first-order valence-electron chi connectivity index (χ1n) is 22.2. The molecule has 0 atom stereocenters. The van der Waals surface area contributed by atoms with Gasteiger partial charge in [-0.15, -0.1) is 13.2 Å². The molecule has 0 fully saturated rings. The number of anilines is 2. The van der Waals surface area contributed by atoms with Crippen LogP contribution in [0.5, 0.6) is 11.5 Å². The number of nitrogens with zero attached hydrogens (tertiary/aromatic N) is 2. The molecule has 10 rings (SSSR count). The number of fused-ring (bicyclic) bond motifs is 3. The molecule has 4 aliphatic rings. The number of hydrogen-bond acceptors (Lipinski definition) is 6. The molecule has 68 heavy (non-hydrogen) atoms. The molecule has 0 radical (unpaired) electrons. The fraction of sp³-hybridized carbons (Fsp3) is 0.100. The molecule has 0 saturated heterocycles. The lowest BCUT2D eigenvalue weighted by Crippen LogP contribution is -2.30. The Morgan fingerprint density at radius 1 is 0.515 bits per heavy atom. The van der Waals surface area contributed by atoms with Crippen molar-refractivity contribution in [2.45, 2.75) is 25.7 Å². The molecule has 0 saturated carbocycles. The molecule has 4 amide bonds. The van der Waals surface area contributed by atoms with Crippen molar-refractivity contribution in [3.8, 4) is 35.2 Å². The first-order chi connectivity index (χ1) is 33.2. The summed E-state index contributed by atoms with van der Waals surface area (Å²) in [5, 5.41) is 1.65. The van der Waals surface area contributed by atoms with Gasteiger partial charge in [0.1, 0.15) is 11.5 Å². The lowest BCUT2D eigenvalue weighted by molar-refractivity contribution is 0.0910. The van der Waals surface area contributed by atoms with E-state index >= 15 is 0 Å². The van der Waals surface area contributed by atoms with Gasteiger partial charge < -0.3 is 9.47 Å².